The van der Waals surface area contributed by atoms with E-state index in [9.17, 15) is 0 Å². The van der Waals surface area contributed by atoms with Gasteiger partial charge in [0.1, 0.15) is 0 Å². The highest BCUT2D eigenvalue weighted by molar-refractivity contribution is 4.68. The Labute approximate surface area is 69.5 Å². The van der Waals surface area contributed by atoms with Gasteiger partial charge in [-0.3, -0.25) is 0 Å². The van der Waals surface area contributed by atoms with Crippen molar-refractivity contribution in [3.8, 4) is 0 Å². The van der Waals surface area contributed by atoms with Crippen LogP contribution in [0.3, 0.4) is 0 Å². The average molecular weight is 157 g/mol. The molecule has 1 heterocycles. The van der Waals surface area contributed by atoms with E-state index in [0.29, 0.717) is 5.92 Å². The van der Waals surface area contributed by atoms with Crippen LogP contribution in [0.4, 0.5) is 0 Å². The van der Waals surface area contributed by atoms with Gasteiger partial charge in [-0.15, -0.1) is 0 Å². The van der Waals surface area contributed by atoms with E-state index < -0.39 is 0 Å². The molecule has 0 aromatic rings. The first-order chi connectivity index (χ1) is 5.33. The van der Waals surface area contributed by atoms with Gasteiger partial charge in [0.15, 0.2) is 0 Å². The molecule has 0 amide bonds. The molecule has 1 saturated heterocycles. The van der Waals surface area contributed by atoms with Crippen molar-refractivity contribution >= 4 is 0 Å². The zero-order valence-electron chi connectivity index (χ0n) is 7.68. The molecule has 66 valence electrons. The molecule has 1 rings (SSSR count). The Morgan fingerprint density at radius 3 is 2.55 bits per heavy atom. The van der Waals surface area contributed by atoms with Crippen molar-refractivity contribution in [1.82, 2.24) is 4.90 Å². The lowest BCUT2D eigenvalue weighted by Gasteiger charge is -2.19. The van der Waals surface area contributed by atoms with Crippen LogP contribution in [0.2, 0.25) is 0 Å². The third kappa shape index (κ3) is 3.21. The van der Waals surface area contributed by atoms with Gasteiger partial charge in [0.25, 0.3) is 0 Å². The Hall–Kier alpha value is -0.0800. The minimum absolute atomic E-state index is 0.693. The van der Waals surface area contributed by atoms with Crippen LogP contribution in [0, 0.1) is 5.92 Å². The first-order valence-corrected chi connectivity index (χ1v) is 4.54. The molecule has 1 aliphatic rings. The Morgan fingerprint density at radius 1 is 1.36 bits per heavy atom. The van der Waals surface area contributed by atoms with Gasteiger partial charge in [0, 0.05) is 20.3 Å². The number of likely N-dealkylation sites (tertiary alicyclic amines) is 1. The van der Waals surface area contributed by atoms with Crippen LogP contribution < -0.4 is 0 Å². The van der Waals surface area contributed by atoms with E-state index in [-0.39, 0.29) is 0 Å². The van der Waals surface area contributed by atoms with Crippen LogP contribution in [0.5, 0.6) is 0 Å². The minimum Gasteiger partial charge on any atom is -0.384 e. The van der Waals surface area contributed by atoms with Crippen LogP contribution in [0.25, 0.3) is 0 Å². The van der Waals surface area contributed by atoms with Crippen LogP contribution in [-0.2, 0) is 4.74 Å². The standard InChI is InChI=1S/C9H19NO/c1-9(8-11-2)7-10-5-3-4-6-10/h9H,3-8H2,1-2H3. The van der Waals surface area contributed by atoms with Crippen molar-refractivity contribution in [1.29, 1.82) is 0 Å². The van der Waals surface area contributed by atoms with E-state index in [2.05, 4.69) is 11.8 Å². The number of rotatable bonds is 4. The van der Waals surface area contributed by atoms with Gasteiger partial charge in [-0.2, -0.15) is 0 Å². The third-order valence-electron chi connectivity index (χ3n) is 2.22. The first kappa shape index (κ1) is 9.01. The predicted octanol–water partition coefficient (Wildman–Crippen LogP) is 1.36. The van der Waals surface area contributed by atoms with E-state index in [1.54, 1.807) is 7.11 Å². The Kier molecular flexibility index (Phi) is 3.87. The molecular weight excluding hydrogens is 138 g/mol. The lowest BCUT2D eigenvalue weighted by Crippen LogP contribution is -2.27. The molecule has 0 spiro atoms. The number of hydrogen-bond acceptors (Lipinski definition) is 2. The van der Waals surface area contributed by atoms with Crippen molar-refractivity contribution in [2.24, 2.45) is 5.92 Å². The molecule has 1 unspecified atom stereocenters. The molecule has 0 aromatic carbocycles. The molecule has 0 saturated carbocycles. The number of ether oxygens (including phenoxy) is 1. The van der Waals surface area contributed by atoms with Crippen LogP contribution >= 0.6 is 0 Å². The van der Waals surface area contributed by atoms with Gasteiger partial charge in [-0.05, 0) is 31.8 Å². The van der Waals surface area contributed by atoms with Crippen LogP contribution in [0.15, 0.2) is 0 Å². The fraction of sp³-hybridized carbons (Fsp3) is 1.00. The van der Waals surface area contributed by atoms with Gasteiger partial charge >= 0.3 is 0 Å². The van der Waals surface area contributed by atoms with Gasteiger partial charge in [0.05, 0.1) is 0 Å². The summed E-state index contributed by atoms with van der Waals surface area (Å²) in [5.74, 6) is 0.693. The summed E-state index contributed by atoms with van der Waals surface area (Å²) < 4.78 is 5.09. The van der Waals surface area contributed by atoms with Gasteiger partial charge < -0.3 is 9.64 Å². The summed E-state index contributed by atoms with van der Waals surface area (Å²) in [6, 6.07) is 0. The predicted molar refractivity (Wildman–Crippen MR) is 46.7 cm³/mol. The maximum absolute atomic E-state index is 5.09. The normalized spacial score (nSPS) is 22.4. The summed E-state index contributed by atoms with van der Waals surface area (Å²) in [5, 5.41) is 0. The molecule has 2 heteroatoms. The maximum Gasteiger partial charge on any atom is 0.0500 e. The molecule has 0 radical (unpaired) electrons. The molecule has 1 fully saturated rings. The molecule has 0 aromatic heterocycles. The molecule has 1 atom stereocenters. The largest absolute Gasteiger partial charge is 0.384 e. The fourth-order valence-corrected chi connectivity index (χ4v) is 1.74. The summed E-state index contributed by atoms with van der Waals surface area (Å²) in [6.07, 6.45) is 2.78. The van der Waals surface area contributed by atoms with Gasteiger partial charge in [0.2, 0.25) is 0 Å². The van der Waals surface area contributed by atoms with E-state index in [0.717, 1.165) is 6.61 Å². The van der Waals surface area contributed by atoms with Crippen molar-refractivity contribution in [3.05, 3.63) is 0 Å². The van der Waals surface area contributed by atoms with Crippen molar-refractivity contribution in [2.45, 2.75) is 19.8 Å². The summed E-state index contributed by atoms with van der Waals surface area (Å²) in [7, 11) is 1.78. The topological polar surface area (TPSA) is 12.5 Å². The highest BCUT2D eigenvalue weighted by Crippen LogP contribution is 2.09. The van der Waals surface area contributed by atoms with E-state index in [4.69, 9.17) is 4.74 Å². The fourth-order valence-electron chi connectivity index (χ4n) is 1.74. The quantitative estimate of drug-likeness (QED) is 0.611. The van der Waals surface area contributed by atoms with Crippen LogP contribution in [-0.4, -0.2) is 38.3 Å². The maximum atomic E-state index is 5.09. The van der Waals surface area contributed by atoms with E-state index in [1.165, 1.54) is 32.5 Å². The molecule has 1 aliphatic heterocycles. The molecule has 11 heavy (non-hydrogen) atoms. The molecular formula is C9H19NO. The molecule has 2 nitrogen and oxygen atoms in total. The van der Waals surface area contributed by atoms with Crippen molar-refractivity contribution in [2.75, 3.05) is 33.4 Å². The molecule has 0 aliphatic carbocycles. The third-order valence-corrected chi connectivity index (χ3v) is 2.22. The number of nitrogens with zero attached hydrogens (tertiary/aromatic N) is 1. The highest BCUT2D eigenvalue weighted by atomic mass is 16.5. The lowest BCUT2D eigenvalue weighted by molar-refractivity contribution is 0.137. The lowest BCUT2D eigenvalue weighted by atomic mass is 10.2. The van der Waals surface area contributed by atoms with Crippen molar-refractivity contribution in [3.63, 3.8) is 0 Å². The Balaban J connectivity index is 2.08. The van der Waals surface area contributed by atoms with E-state index in [1.807, 2.05) is 0 Å². The molecule has 0 bridgehead atoms. The second-order valence-corrected chi connectivity index (χ2v) is 3.57. The number of hydrogen-bond donors (Lipinski definition) is 0. The number of methoxy groups -OCH3 is 1. The Morgan fingerprint density at radius 2 is 2.00 bits per heavy atom. The second-order valence-electron chi connectivity index (χ2n) is 3.57. The monoisotopic (exact) mass is 157 g/mol. The Bertz CT molecular complexity index is 99.7. The van der Waals surface area contributed by atoms with Gasteiger partial charge in [-0.25, -0.2) is 0 Å². The summed E-state index contributed by atoms with van der Waals surface area (Å²) in [5.41, 5.74) is 0. The summed E-state index contributed by atoms with van der Waals surface area (Å²) in [4.78, 5) is 2.53. The minimum atomic E-state index is 0.693. The summed E-state index contributed by atoms with van der Waals surface area (Å²) >= 11 is 0. The zero-order chi connectivity index (χ0) is 8.10. The van der Waals surface area contributed by atoms with Crippen LogP contribution in [0.1, 0.15) is 19.8 Å². The smallest absolute Gasteiger partial charge is 0.0500 e. The first-order valence-electron chi connectivity index (χ1n) is 4.54. The molecule has 0 N–H and O–H groups in total. The zero-order valence-corrected chi connectivity index (χ0v) is 7.68. The SMILES string of the molecule is COCC(C)CN1CCCC1. The van der Waals surface area contributed by atoms with Gasteiger partial charge in [-0.1, -0.05) is 6.92 Å². The van der Waals surface area contributed by atoms with Crippen molar-refractivity contribution < 1.29 is 4.74 Å². The van der Waals surface area contributed by atoms with E-state index >= 15 is 0 Å². The average Bonchev–Trinajstić information content (AvgIpc) is 2.40. The highest BCUT2D eigenvalue weighted by Gasteiger charge is 2.13. The second kappa shape index (κ2) is 4.73. The summed E-state index contributed by atoms with van der Waals surface area (Å²) in [6.45, 7) is 6.97.